The number of carbonyl (C=O) groups is 4. The van der Waals surface area contributed by atoms with Crippen molar-refractivity contribution in [3.63, 3.8) is 0 Å². The fraction of sp³-hybridized carbons (Fsp3) is 0.667. The van der Waals surface area contributed by atoms with Crippen LogP contribution in [0.4, 0.5) is 0 Å². The van der Waals surface area contributed by atoms with Gasteiger partial charge in [-0.2, -0.15) is 0 Å². The highest BCUT2D eigenvalue weighted by molar-refractivity contribution is 5.95. The molecule has 8 heteroatoms. The van der Waals surface area contributed by atoms with Gasteiger partial charge in [0, 0.05) is 5.57 Å². The molecule has 0 aromatic heterocycles. The molecule has 0 rings (SSSR count). The van der Waals surface area contributed by atoms with Crippen molar-refractivity contribution in [2.75, 3.05) is 13.2 Å². The van der Waals surface area contributed by atoms with Crippen molar-refractivity contribution in [2.24, 2.45) is 0 Å². The van der Waals surface area contributed by atoms with Crippen LogP contribution in [0.5, 0.6) is 0 Å². The van der Waals surface area contributed by atoms with Crippen molar-refractivity contribution in [2.45, 2.75) is 64.9 Å². The summed E-state index contributed by atoms with van der Waals surface area (Å²) in [6, 6.07) is 0. The number of hydrogen-bond acceptors (Lipinski definition) is 6. The minimum Gasteiger partial charge on any atom is -0.480 e. The van der Waals surface area contributed by atoms with E-state index in [0.29, 0.717) is 6.61 Å². The molecule has 0 aliphatic carbocycles. The summed E-state index contributed by atoms with van der Waals surface area (Å²) in [6.07, 6.45) is 4.89. The fourth-order valence-corrected chi connectivity index (χ4v) is 1.97. The predicted molar refractivity (Wildman–Crippen MR) is 94.3 cm³/mol. The number of rotatable bonds is 14. The Balaban J connectivity index is 3.98. The zero-order chi connectivity index (χ0) is 19.9. The minimum absolute atomic E-state index is 0.129. The maximum absolute atomic E-state index is 11.8. The summed E-state index contributed by atoms with van der Waals surface area (Å²) in [5.74, 6) is -3.45. The number of unbranched alkanes of at least 4 members (excludes halogenated alkanes) is 5. The molecule has 0 aliphatic heterocycles. The topological polar surface area (TPSA) is 119 Å². The van der Waals surface area contributed by atoms with Crippen LogP contribution in [0.3, 0.4) is 0 Å². The first-order valence-electron chi connectivity index (χ1n) is 8.81. The molecule has 8 nitrogen and oxygen atoms in total. The molecule has 0 aromatic rings. The zero-order valence-electron chi connectivity index (χ0n) is 15.5. The second kappa shape index (κ2) is 13.9. The molecule has 0 radical (unpaired) electrons. The van der Waals surface area contributed by atoms with Gasteiger partial charge in [0.15, 0.2) is 6.10 Å². The Hall–Kier alpha value is -2.38. The van der Waals surface area contributed by atoms with Crippen molar-refractivity contribution in [3.8, 4) is 0 Å². The number of aliphatic carboxylic acids is 1. The third kappa shape index (κ3) is 12.0. The van der Waals surface area contributed by atoms with Crippen LogP contribution in [0.25, 0.3) is 0 Å². The summed E-state index contributed by atoms with van der Waals surface area (Å²) in [5, 5.41) is 10.6. The predicted octanol–water partition coefficient (Wildman–Crippen LogP) is 1.97. The lowest BCUT2D eigenvalue weighted by Gasteiger charge is -2.13. The molecular formula is C18H29NO7. The van der Waals surface area contributed by atoms with Crippen molar-refractivity contribution in [1.82, 2.24) is 5.32 Å². The number of nitrogens with one attached hydrogen (secondary N) is 1. The van der Waals surface area contributed by atoms with Gasteiger partial charge >= 0.3 is 17.9 Å². The molecular weight excluding hydrogens is 342 g/mol. The van der Waals surface area contributed by atoms with E-state index in [1.54, 1.807) is 0 Å². The third-order valence-electron chi connectivity index (χ3n) is 3.47. The van der Waals surface area contributed by atoms with Crippen LogP contribution in [0.15, 0.2) is 12.2 Å². The summed E-state index contributed by atoms with van der Waals surface area (Å²) >= 11 is 0. The van der Waals surface area contributed by atoms with Crippen LogP contribution in [-0.2, 0) is 28.7 Å². The summed E-state index contributed by atoms with van der Waals surface area (Å²) in [4.78, 5) is 45.3. The smallest absolute Gasteiger partial charge is 0.334 e. The number of hydrogen-bond donors (Lipinski definition) is 2. The van der Waals surface area contributed by atoms with Gasteiger partial charge in [0.25, 0.3) is 5.91 Å². The lowest BCUT2D eigenvalue weighted by molar-refractivity contribution is -0.153. The first-order chi connectivity index (χ1) is 12.3. The minimum atomic E-state index is -1.21. The molecule has 148 valence electrons. The van der Waals surface area contributed by atoms with Gasteiger partial charge in [-0.1, -0.05) is 45.6 Å². The Morgan fingerprint density at radius 2 is 1.69 bits per heavy atom. The molecule has 1 unspecified atom stereocenters. The van der Waals surface area contributed by atoms with Gasteiger partial charge in [-0.05, 0) is 13.3 Å². The first kappa shape index (κ1) is 23.6. The molecule has 0 saturated carbocycles. The van der Waals surface area contributed by atoms with E-state index in [9.17, 15) is 19.2 Å². The van der Waals surface area contributed by atoms with Crippen LogP contribution in [0.2, 0.25) is 0 Å². The number of ether oxygens (including phenoxy) is 2. The lowest BCUT2D eigenvalue weighted by atomic mass is 10.1. The Morgan fingerprint density at radius 1 is 1.08 bits per heavy atom. The molecule has 26 heavy (non-hydrogen) atoms. The Morgan fingerprint density at radius 3 is 2.31 bits per heavy atom. The van der Waals surface area contributed by atoms with Gasteiger partial charge in [-0.15, -0.1) is 0 Å². The first-order valence-corrected chi connectivity index (χ1v) is 8.81. The Kier molecular flexibility index (Phi) is 12.6. The lowest BCUT2D eigenvalue weighted by Crippen LogP contribution is -2.38. The largest absolute Gasteiger partial charge is 0.480 e. The van der Waals surface area contributed by atoms with Gasteiger partial charge in [0.2, 0.25) is 0 Å². The monoisotopic (exact) mass is 371 g/mol. The second-order valence-electron chi connectivity index (χ2n) is 5.93. The molecule has 0 spiro atoms. The quantitative estimate of drug-likeness (QED) is 0.272. The van der Waals surface area contributed by atoms with E-state index in [2.05, 4.69) is 18.8 Å². The van der Waals surface area contributed by atoms with E-state index < -0.39 is 36.5 Å². The van der Waals surface area contributed by atoms with Crippen LogP contribution < -0.4 is 5.32 Å². The molecule has 0 aromatic carbocycles. The Labute approximate surface area is 153 Å². The molecule has 1 atom stereocenters. The normalized spacial score (nSPS) is 11.3. The number of esters is 2. The highest BCUT2D eigenvalue weighted by Crippen LogP contribution is 2.08. The van der Waals surface area contributed by atoms with Gasteiger partial charge in [-0.3, -0.25) is 14.4 Å². The second-order valence-corrected chi connectivity index (χ2v) is 5.93. The summed E-state index contributed by atoms with van der Waals surface area (Å²) in [7, 11) is 0. The van der Waals surface area contributed by atoms with E-state index >= 15 is 0 Å². The van der Waals surface area contributed by atoms with E-state index in [-0.39, 0.29) is 12.0 Å². The number of carboxylic acids is 1. The van der Waals surface area contributed by atoms with Crippen molar-refractivity contribution >= 4 is 23.8 Å². The van der Waals surface area contributed by atoms with Crippen molar-refractivity contribution in [3.05, 3.63) is 12.2 Å². The SMILES string of the molecule is C=C(CC(=O)OCCCCCCCC)C(=O)OC(C)C(=O)NCC(=O)O. The van der Waals surface area contributed by atoms with Crippen molar-refractivity contribution in [1.29, 1.82) is 0 Å². The average Bonchev–Trinajstić information content (AvgIpc) is 2.58. The van der Waals surface area contributed by atoms with Crippen LogP contribution in [0, 0.1) is 0 Å². The molecule has 2 N–H and O–H groups in total. The van der Waals surface area contributed by atoms with Gasteiger partial charge < -0.3 is 19.9 Å². The summed E-state index contributed by atoms with van der Waals surface area (Å²) in [5.41, 5.74) is -0.129. The molecule has 0 aliphatic rings. The van der Waals surface area contributed by atoms with Crippen LogP contribution in [0.1, 0.15) is 58.8 Å². The van der Waals surface area contributed by atoms with Gasteiger partial charge in [0.05, 0.1) is 13.0 Å². The highest BCUT2D eigenvalue weighted by atomic mass is 16.6. The molecule has 0 bridgehead atoms. The maximum atomic E-state index is 11.8. The van der Waals surface area contributed by atoms with Crippen LogP contribution in [-0.4, -0.2) is 48.2 Å². The van der Waals surface area contributed by atoms with E-state index in [0.717, 1.165) is 19.3 Å². The van der Waals surface area contributed by atoms with E-state index in [4.69, 9.17) is 14.6 Å². The summed E-state index contributed by atoms with van der Waals surface area (Å²) in [6.45, 7) is 6.61. The number of carbonyl (C=O) groups excluding carboxylic acids is 3. The fourth-order valence-electron chi connectivity index (χ4n) is 1.97. The number of carboxylic acid groups (broad SMARTS) is 1. The van der Waals surface area contributed by atoms with E-state index in [1.165, 1.54) is 26.2 Å². The average molecular weight is 371 g/mol. The van der Waals surface area contributed by atoms with Crippen molar-refractivity contribution < 1.29 is 33.8 Å². The Bertz CT molecular complexity index is 502. The standard InChI is InChI=1S/C18H29NO7/c1-4-5-6-7-8-9-10-25-16(22)11-13(2)18(24)26-14(3)17(23)19-12-15(20)21/h14H,2,4-12H2,1,3H3,(H,19,23)(H,20,21). The summed E-state index contributed by atoms with van der Waals surface area (Å²) < 4.78 is 9.87. The molecule has 0 fully saturated rings. The maximum Gasteiger partial charge on any atom is 0.334 e. The van der Waals surface area contributed by atoms with Gasteiger partial charge in [-0.25, -0.2) is 4.79 Å². The number of amides is 1. The molecule has 1 amide bonds. The zero-order valence-corrected chi connectivity index (χ0v) is 15.5. The third-order valence-corrected chi connectivity index (χ3v) is 3.47. The van der Waals surface area contributed by atoms with Crippen LogP contribution >= 0.6 is 0 Å². The molecule has 0 saturated heterocycles. The van der Waals surface area contributed by atoms with Gasteiger partial charge in [0.1, 0.15) is 6.54 Å². The molecule has 0 heterocycles. The highest BCUT2D eigenvalue weighted by Gasteiger charge is 2.21. The van der Waals surface area contributed by atoms with E-state index in [1.807, 2.05) is 0 Å².